The zero-order valence-corrected chi connectivity index (χ0v) is 8.75. The molecule has 0 heterocycles. The predicted octanol–water partition coefficient (Wildman–Crippen LogP) is 3.86. The first-order chi connectivity index (χ1) is 6.67. The van der Waals surface area contributed by atoms with Gasteiger partial charge in [0.15, 0.2) is 0 Å². The lowest BCUT2D eigenvalue weighted by atomic mass is 9.83. The summed E-state index contributed by atoms with van der Waals surface area (Å²) in [5, 5.41) is 0. The van der Waals surface area contributed by atoms with Crippen molar-refractivity contribution >= 4 is 5.57 Å². The largest absolute Gasteiger partial charge is 0.0779 e. The molecule has 1 radical (unpaired) electrons. The van der Waals surface area contributed by atoms with Gasteiger partial charge >= 0.3 is 0 Å². The molecule has 1 aliphatic rings. The number of rotatable bonds is 1. The van der Waals surface area contributed by atoms with E-state index < -0.39 is 0 Å². The van der Waals surface area contributed by atoms with Crippen LogP contribution in [-0.2, 0) is 0 Å². The lowest BCUT2D eigenvalue weighted by molar-refractivity contribution is 0.485. The van der Waals surface area contributed by atoms with Gasteiger partial charge in [-0.1, -0.05) is 56.3 Å². The van der Waals surface area contributed by atoms with Crippen molar-refractivity contribution in [2.75, 3.05) is 0 Å². The summed E-state index contributed by atoms with van der Waals surface area (Å²) < 4.78 is 0. The van der Waals surface area contributed by atoms with Crippen LogP contribution in [0.15, 0.2) is 42.5 Å². The molecule has 0 spiro atoms. The molecule has 0 aromatic heterocycles. The second kappa shape index (κ2) is 3.45. The minimum Gasteiger partial charge on any atom is -0.0779 e. The highest BCUT2D eigenvalue weighted by molar-refractivity contribution is 5.74. The fourth-order valence-electron chi connectivity index (χ4n) is 1.60. The summed E-state index contributed by atoms with van der Waals surface area (Å²) in [5.74, 6) is 0. The summed E-state index contributed by atoms with van der Waals surface area (Å²) >= 11 is 0. The molecule has 0 aliphatic heterocycles. The molecule has 0 fully saturated rings. The van der Waals surface area contributed by atoms with Crippen LogP contribution in [0.5, 0.6) is 0 Å². The number of allylic oxidation sites excluding steroid dienone is 4. The van der Waals surface area contributed by atoms with E-state index in [9.17, 15) is 0 Å². The topological polar surface area (TPSA) is 0 Å². The molecule has 14 heavy (non-hydrogen) atoms. The van der Waals surface area contributed by atoms with Gasteiger partial charge in [0.1, 0.15) is 0 Å². The van der Waals surface area contributed by atoms with E-state index in [4.69, 9.17) is 0 Å². The van der Waals surface area contributed by atoms with Crippen LogP contribution in [0, 0.1) is 11.5 Å². The van der Waals surface area contributed by atoms with Crippen LogP contribution in [0.25, 0.3) is 5.57 Å². The Hall–Kier alpha value is -1.30. The molecule has 1 aromatic rings. The first-order valence-corrected chi connectivity index (χ1v) is 5.04. The Bertz CT molecular complexity index is 366. The van der Waals surface area contributed by atoms with Gasteiger partial charge < -0.3 is 0 Å². The highest BCUT2D eigenvalue weighted by Crippen LogP contribution is 2.31. The Kier molecular flexibility index (Phi) is 2.28. The lowest BCUT2D eigenvalue weighted by Gasteiger charge is -2.22. The van der Waals surface area contributed by atoms with E-state index in [1.54, 1.807) is 0 Å². The van der Waals surface area contributed by atoms with Crippen LogP contribution < -0.4 is 0 Å². The first kappa shape index (κ1) is 9.26. The van der Waals surface area contributed by atoms with E-state index in [0.717, 1.165) is 6.42 Å². The highest BCUT2D eigenvalue weighted by atomic mass is 14.2. The monoisotopic (exact) mass is 183 g/mol. The summed E-state index contributed by atoms with van der Waals surface area (Å²) in [4.78, 5) is 0. The average molecular weight is 183 g/mol. The maximum atomic E-state index is 3.25. The third kappa shape index (κ3) is 1.95. The molecule has 0 amide bonds. The van der Waals surface area contributed by atoms with Crippen LogP contribution in [0.1, 0.15) is 25.8 Å². The molecule has 0 saturated heterocycles. The van der Waals surface area contributed by atoms with Crippen LogP contribution >= 0.6 is 0 Å². The number of hydrogen-bond donors (Lipinski definition) is 0. The molecule has 0 N–H and O–H groups in total. The van der Waals surface area contributed by atoms with Gasteiger partial charge in [-0.2, -0.15) is 0 Å². The van der Waals surface area contributed by atoms with E-state index in [2.05, 4.69) is 50.3 Å². The quantitative estimate of drug-likeness (QED) is 0.620. The van der Waals surface area contributed by atoms with Gasteiger partial charge in [-0.25, -0.2) is 0 Å². The second-order valence-corrected chi connectivity index (χ2v) is 4.46. The van der Waals surface area contributed by atoms with E-state index in [1.165, 1.54) is 11.1 Å². The van der Waals surface area contributed by atoms with Gasteiger partial charge in [-0.15, -0.1) is 0 Å². The zero-order valence-electron chi connectivity index (χ0n) is 8.75. The van der Waals surface area contributed by atoms with Crippen LogP contribution in [0.3, 0.4) is 0 Å². The Labute approximate surface area is 86.0 Å². The SMILES string of the molecule is CC1(C)C=CC(c2[c]cccc2)=CC1. The number of hydrogen-bond acceptors (Lipinski definition) is 0. The third-order valence-electron chi connectivity index (χ3n) is 2.58. The van der Waals surface area contributed by atoms with E-state index in [0.29, 0.717) is 5.41 Å². The molecule has 0 unspecified atom stereocenters. The average Bonchev–Trinajstić information content (AvgIpc) is 2.19. The van der Waals surface area contributed by atoms with Gasteiger partial charge in [-0.05, 0) is 29.0 Å². The van der Waals surface area contributed by atoms with E-state index in [1.807, 2.05) is 12.1 Å². The minimum atomic E-state index is 0.318. The first-order valence-electron chi connectivity index (χ1n) is 5.04. The van der Waals surface area contributed by atoms with Gasteiger partial charge in [0.25, 0.3) is 0 Å². The fourth-order valence-corrected chi connectivity index (χ4v) is 1.60. The van der Waals surface area contributed by atoms with Gasteiger partial charge in [-0.3, -0.25) is 0 Å². The lowest BCUT2D eigenvalue weighted by Crippen LogP contribution is -2.08. The van der Waals surface area contributed by atoms with Crippen molar-refractivity contribution in [3.63, 3.8) is 0 Å². The molecular formula is C14H15. The third-order valence-corrected chi connectivity index (χ3v) is 2.58. The Morgan fingerprint density at radius 1 is 1.29 bits per heavy atom. The zero-order chi connectivity index (χ0) is 10.0. The van der Waals surface area contributed by atoms with Crippen LogP contribution in [0.2, 0.25) is 0 Å². The molecular weight excluding hydrogens is 168 g/mol. The summed E-state index contributed by atoms with van der Waals surface area (Å²) in [7, 11) is 0. The predicted molar refractivity (Wildman–Crippen MR) is 60.8 cm³/mol. The fraction of sp³-hybridized carbons (Fsp3) is 0.286. The van der Waals surface area contributed by atoms with Crippen LogP contribution in [0.4, 0.5) is 0 Å². The molecule has 1 aromatic carbocycles. The van der Waals surface area contributed by atoms with E-state index in [-0.39, 0.29) is 0 Å². The number of benzene rings is 1. The molecule has 1 aliphatic carbocycles. The molecule has 0 heteroatoms. The van der Waals surface area contributed by atoms with Gasteiger partial charge in [0, 0.05) is 0 Å². The Morgan fingerprint density at radius 3 is 2.71 bits per heavy atom. The van der Waals surface area contributed by atoms with Crippen molar-refractivity contribution in [3.8, 4) is 0 Å². The van der Waals surface area contributed by atoms with Gasteiger partial charge in [0.05, 0.1) is 0 Å². The van der Waals surface area contributed by atoms with Gasteiger partial charge in [0.2, 0.25) is 0 Å². The summed E-state index contributed by atoms with van der Waals surface area (Å²) in [6, 6.07) is 11.4. The maximum absolute atomic E-state index is 3.25. The molecule has 2 rings (SSSR count). The van der Waals surface area contributed by atoms with E-state index >= 15 is 0 Å². The van der Waals surface area contributed by atoms with Crippen molar-refractivity contribution in [1.29, 1.82) is 0 Å². The minimum absolute atomic E-state index is 0.318. The van der Waals surface area contributed by atoms with Crippen molar-refractivity contribution in [2.24, 2.45) is 5.41 Å². The van der Waals surface area contributed by atoms with Crippen molar-refractivity contribution < 1.29 is 0 Å². The van der Waals surface area contributed by atoms with Crippen LogP contribution in [-0.4, -0.2) is 0 Å². The standard InChI is InChI=1S/C14H15/c1-14(2)10-8-13(9-11-14)12-6-4-3-5-7-12/h3-6,8-10H,11H2,1-2H3. The van der Waals surface area contributed by atoms with Crippen molar-refractivity contribution in [1.82, 2.24) is 0 Å². The molecule has 0 nitrogen and oxygen atoms in total. The van der Waals surface area contributed by atoms with Crippen molar-refractivity contribution in [2.45, 2.75) is 20.3 Å². The normalized spacial score (nSPS) is 19.1. The Morgan fingerprint density at radius 2 is 2.14 bits per heavy atom. The second-order valence-electron chi connectivity index (χ2n) is 4.46. The maximum Gasteiger partial charge on any atom is -0.00993 e. The highest BCUT2D eigenvalue weighted by Gasteiger charge is 2.16. The summed E-state index contributed by atoms with van der Waals surface area (Å²) in [6.07, 6.45) is 7.89. The summed E-state index contributed by atoms with van der Waals surface area (Å²) in [6.45, 7) is 4.51. The molecule has 71 valence electrons. The molecule has 0 atom stereocenters. The van der Waals surface area contributed by atoms with Crippen molar-refractivity contribution in [3.05, 3.63) is 54.1 Å². The Balaban J connectivity index is 2.25. The molecule has 0 saturated carbocycles. The smallest absolute Gasteiger partial charge is 0.00993 e. The summed E-state index contributed by atoms with van der Waals surface area (Å²) in [5.41, 5.74) is 2.81. The molecule has 0 bridgehead atoms.